The van der Waals surface area contributed by atoms with Gasteiger partial charge < -0.3 is 14.9 Å². The van der Waals surface area contributed by atoms with Gasteiger partial charge in [-0.3, -0.25) is 4.79 Å². The summed E-state index contributed by atoms with van der Waals surface area (Å²) < 4.78 is 32.7. The van der Waals surface area contributed by atoms with Gasteiger partial charge in [0.15, 0.2) is 0 Å². The number of hydrogen-bond donors (Lipinski definition) is 3. The number of aliphatic hydroxyl groups excluding tert-OH is 1. The van der Waals surface area contributed by atoms with E-state index in [1.807, 2.05) is 13.8 Å². The monoisotopic (exact) mass is 469 g/mol. The van der Waals surface area contributed by atoms with Crippen LogP contribution in [0.4, 0.5) is 11.6 Å². The summed E-state index contributed by atoms with van der Waals surface area (Å²) in [6.07, 6.45) is 0. The smallest absolute Gasteiger partial charge is 0.267 e. The number of benzene rings is 1. The Bertz CT molecular complexity index is 1230. The van der Waals surface area contributed by atoms with Crippen molar-refractivity contribution in [3.05, 3.63) is 55.4 Å². The van der Waals surface area contributed by atoms with Crippen LogP contribution in [0.2, 0.25) is 5.02 Å². The number of thiophene rings is 1. The zero-order valence-corrected chi connectivity index (χ0v) is 19.0. The highest BCUT2D eigenvalue weighted by molar-refractivity contribution is 7.93. The van der Waals surface area contributed by atoms with Crippen molar-refractivity contribution < 1.29 is 22.8 Å². The van der Waals surface area contributed by atoms with E-state index in [4.69, 9.17) is 16.1 Å². The van der Waals surface area contributed by atoms with Crippen molar-refractivity contribution in [1.29, 1.82) is 0 Å². The van der Waals surface area contributed by atoms with Gasteiger partial charge >= 0.3 is 0 Å². The highest BCUT2D eigenvalue weighted by Crippen LogP contribution is 2.31. The standard InChI is InChI=1S/C19H20ClN3O5S2/c1-9-7-14(11(3)13(8-24)10(9)2)21-18(25)17-15(5-6-29-17)30(26,27)23-19-16(20)12(4)22-28-19/h5-7,23-24H,8H2,1-4H3,(H,21,25). The van der Waals surface area contributed by atoms with Crippen molar-refractivity contribution >= 4 is 50.4 Å². The predicted octanol–water partition coefficient (Wildman–Crippen LogP) is 4.17. The minimum absolute atomic E-state index is 0.00182. The Balaban J connectivity index is 1.93. The summed E-state index contributed by atoms with van der Waals surface area (Å²) in [7, 11) is -4.14. The van der Waals surface area contributed by atoms with E-state index in [2.05, 4.69) is 15.2 Å². The number of aromatic nitrogens is 1. The van der Waals surface area contributed by atoms with Gasteiger partial charge in [0, 0.05) is 5.69 Å². The third-order valence-electron chi connectivity index (χ3n) is 4.81. The van der Waals surface area contributed by atoms with E-state index in [1.165, 1.54) is 11.4 Å². The topological polar surface area (TPSA) is 122 Å². The number of carbonyl (C=O) groups excluding carboxylic acids is 1. The van der Waals surface area contributed by atoms with E-state index in [0.717, 1.165) is 33.6 Å². The van der Waals surface area contributed by atoms with E-state index >= 15 is 0 Å². The van der Waals surface area contributed by atoms with Crippen molar-refractivity contribution in [2.24, 2.45) is 0 Å². The third kappa shape index (κ3) is 4.08. The zero-order chi connectivity index (χ0) is 22.2. The number of rotatable bonds is 6. The number of hydrogen-bond acceptors (Lipinski definition) is 7. The number of halogens is 1. The molecule has 160 valence electrons. The molecule has 3 N–H and O–H groups in total. The first-order valence-electron chi connectivity index (χ1n) is 8.80. The van der Waals surface area contributed by atoms with Gasteiger partial charge in [-0.15, -0.1) is 11.3 Å². The largest absolute Gasteiger partial charge is 0.392 e. The number of amides is 1. The molecule has 8 nitrogen and oxygen atoms in total. The molecule has 30 heavy (non-hydrogen) atoms. The van der Waals surface area contributed by atoms with Crippen LogP contribution in [0.3, 0.4) is 0 Å². The molecule has 0 bridgehead atoms. The van der Waals surface area contributed by atoms with Crippen molar-refractivity contribution in [1.82, 2.24) is 5.16 Å². The Morgan fingerprint density at radius 2 is 1.97 bits per heavy atom. The fourth-order valence-electron chi connectivity index (χ4n) is 2.93. The maximum Gasteiger partial charge on any atom is 0.267 e. The number of carbonyl (C=O) groups is 1. The Morgan fingerprint density at radius 1 is 1.27 bits per heavy atom. The zero-order valence-electron chi connectivity index (χ0n) is 16.7. The summed E-state index contributed by atoms with van der Waals surface area (Å²) in [5, 5.41) is 17.6. The van der Waals surface area contributed by atoms with Crippen LogP contribution in [0, 0.1) is 27.7 Å². The van der Waals surface area contributed by atoms with Crippen molar-refractivity contribution in [2.45, 2.75) is 39.2 Å². The van der Waals surface area contributed by atoms with Crippen LogP contribution in [-0.4, -0.2) is 24.6 Å². The second-order valence-electron chi connectivity index (χ2n) is 6.71. The lowest BCUT2D eigenvalue weighted by molar-refractivity contribution is 0.102. The molecule has 0 aliphatic carbocycles. The van der Waals surface area contributed by atoms with Gasteiger partial charge in [-0.05, 0) is 67.5 Å². The van der Waals surface area contributed by atoms with Crippen molar-refractivity contribution in [3.63, 3.8) is 0 Å². The Kier molecular flexibility index (Phi) is 6.23. The van der Waals surface area contributed by atoms with Crippen LogP contribution in [0.15, 0.2) is 26.9 Å². The van der Waals surface area contributed by atoms with Crippen LogP contribution in [0.25, 0.3) is 0 Å². The van der Waals surface area contributed by atoms with Crippen LogP contribution < -0.4 is 10.0 Å². The average molecular weight is 470 g/mol. The molecule has 0 fully saturated rings. The van der Waals surface area contributed by atoms with Gasteiger partial charge in [0.05, 0.1) is 6.61 Å². The Morgan fingerprint density at radius 3 is 2.57 bits per heavy atom. The fraction of sp³-hybridized carbons (Fsp3) is 0.263. The molecule has 1 aromatic carbocycles. The normalized spacial score (nSPS) is 11.5. The van der Waals surface area contributed by atoms with Gasteiger partial charge in [0.2, 0.25) is 0 Å². The van der Waals surface area contributed by atoms with Crippen LogP contribution in [0.5, 0.6) is 0 Å². The number of sulfonamides is 1. The molecule has 3 aromatic rings. The van der Waals surface area contributed by atoms with Crippen LogP contribution >= 0.6 is 22.9 Å². The minimum Gasteiger partial charge on any atom is -0.392 e. The first kappa shape index (κ1) is 22.3. The van der Waals surface area contributed by atoms with Crippen LogP contribution in [0.1, 0.15) is 37.6 Å². The number of anilines is 2. The van der Waals surface area contributed by atoms with Gasteiger partial charge in [0.1, 0.15) is 20.5 Å². The predicted molar refractivity (Wildman–Crippen MR) is 116 cm³/mol. The maximum atomic E-state index is 12.9. The molecule has 0 saturated heterocycles. The quantitative estimate of drug-likeness (QED) is 0.498. The second-order valence-corrected chi connectivity index (χ2v) is 9.66. The first-order valence-corrected chi connectivity index (χ1v) is 11.5. The van der Waals surface area contributed by atoms with Gasteiger partial charge in [-0.25, -0.2) is 13.1 Å². The number of nitrogens with one attached hydrogen (secondary N) is 2. The summed E-state index contributed by atoms with van der Waals surface area (Å²) in [5.41, 5.74) is 4.12. The lowest BCUT2D eigenvalue weighted by Crippen LogP contribution is -2.19. The molecule has 0 radical (unpaired) electrons. The molecule has 0 unspecified atom stereocenters. The van der Waals surface area contributed by atoms with Crippen LogP contribution in [-0.2, 0) is 16.6 Å². The summed E-state index contributed by atoms with van der Waals surface area (Å²) in [6.45, 7) is 6.96. The summed E-state index contributed by atoms with van der Waals surface area (Å²) in [5.74, 6) is -0.801. The SMILES string of the molecule is Cc1cc(NC(=O)c2sccc2S(=O)(=O)Nc2onc(C)c2Cl)c(C)c(CO)c1C. The summed E-state index contributed by atoms with van der Waals surface area (Å²) in [6, 6.07) is 3.12. The van der Waals surface area contributed by atoms with E-state index in [1.54, 1.807) is 19.9 Å². The molecule has 3 rings (SSSR count). The van der Waals surface area contributed by atoms with E-state index in [9.17, 15) is 18.3 Å². The molecule has 0 aliphatic heterocycles. The summed E-state index contributed by atoms with van der Waals surface area (Å²) in [4.78, 5) is 12.7. The molecule has 0 saturated carbocycles. The lowest BCUT2D eigenvalue weighted by Gasteiger charge is -2.16. The lowest BCUT2D eigenvalue weighted by atomic mass is 9.97. The number of aliphatic hydroxyl groups is 1. The molecular weight excluding hydrogens is 450 g/mol. The van der Waals surface area contributed by atoms with Gasteiger partial charge in [-0.2, -0.15) is 0 Å². The van der Waals surface area contributed by atoms with Gasteiger partial charge in [0.25, 0.3) is 21.8 Å². The fourth-order valence-corrected chi connectivity index (χ4v) is 5.43. The molecule has 0 aliphatic rings. The molecule has 0 spiro atoms. The maximum absolute atomic E-state index is 12.9. The molecule has 11 heteroatoms. The number of nitrogens with zero attached hydrogens (tertiary/aromatic N) is 1. The van der Waals surface area contributed by atoms with Gasteiger partial charge in [-0.1, -0.05) is 16.8 Å². The molecular formula is C19H20ClN3O5S2. The van der Waals surface area contributed by atoms with Crippen molar-refractivity contribution in [3.8, 4) is 0 Å². The molecule has 2 heterocycles. The highest BCUT2D eigenvalue weighted by atomic mass is 35.5. The van der Waals surface area contributed by atoms with E-state index in [0.29, 0.717) is 11.4 Å². The Hall–Kier alpha value is -2.40. The molecule has 0 atom stereocenters. The van der Waals surface area contributed by atoms with E-state index < -0.39 is 15.9 Å². The molecule has 2 aromatic heterocycles. The third-order valence-corrected chi connectivity index (χ3v) is 7.67. The van der Waals surface area contributed by atoms with E-state index in [-0.39, 0.29) is 27.3 Å². The number of aryl methyl sites for hydroxylation is 2. The average Bonchev–Trinajstić information content (AvgIpc) is 3.30. The Labute approximate surface area is 182 Å². The van der Waals surface area contributed by atoms with Crippen molar-refractivity contribution in [2.75, 3.05) is 10.0 Å². The first-order chi connectivity index (χ1) is 14.1. The highest BCUT2D eigenvalue weighted by Gasteiger charge is 2.27. The minimum atomic E-state index is -4.14. The second kappa shape index (κ2) is 8.38. The summed E-state index contributed by atoms with van der Waals surface area (Å²) >= 11 is 6.97. The molecule has 1 amide bonds.